The third-order valence-corrected chi connectivity index (χ3v) is 4.84. The van der Waals surface area contributed by atoms with E-state index in [1.54, 1.807) is 38.3 Å². The van der Waals surface area contributed by atoms with E-state index in [0.717, 1.165) is 15.8 Å². The predicted molar refractivity (Wildman–Crippen MR) is 102 cm³/mol. The van der Waals surface area contributed by atoms with Crippen molar-refractivity contribution < 1.29 is 14.3 Å². The molecule has 2 aromatic carbocycles. The van der Waals surface area contributed by atoms with E-state index in [1.165, 1.54) is 17.4 Å². The van der Waals surface area contributed by atoms with Crippen LogP contribution in [0.5, 0.6) is 11.5 Å². The number of methoxy groups -OCH3 is 2. The molecule has 0 saturated carbocycles. The molecule has 1 heterocycles. The van der Waals surface area contributed by atoms with Crippen LogP contribution in [0.2, 0.25) is 0 Å². The van der Waals surface area contributed by atoms with Gasteiger partial charge in [0.05, 0.1) is 24.4 Å². The fraction of sp³-hybridized carbons (Fsp3) is 0.158. The number of carbonyl (C=O) groups excluding carboxylic acids is 1. The Labute approximate surface area is 150 Å². The maximum absolute atomic E-state index is 12.4. The number of para-hydroxylation sites is 1. The van der Waals surface area contributed by atoms with Crippen molar-refractivity contribution in [2.75, 3.05) is 26.2 Å². The summed E-state index contributed by atoms with van der Waals surface area (Å²) in [4.78, 5) is 18.5. The molecule has 0 radical (unpaired) electrons. The molecule has 0 unspecified atom stereocenters. The molecule has 3 rings (SSSR count). The van der Waals surface area contributed by atoms with Gasteiger partial charge in [-0.3, -0.25) is 9.69 Å². The minimum atomic E-state index is -0.145. The minimum absolute atomic E-state index is 0.145. The molecule has 0 spiro atoms. The molecule has 0 aliphatic rings. The maximum Gasteiger partial charge on any atom is 0.252 e. The van der Waals surface area contributed by atoms with Crippen molar-refractivity contribution in [2.45, 2.75) is 0 Å². The molecule has 5 nitrogen and oxygen atoms in total. The van der Waals surface area contributed by atoms with Crippen LogP contribution in [0.3, 0.4) is 0 Å². The summed E-state index contributed by atoms with van der Waals surface area (Å²) in [6.45, 7) is 0. The van der Waals surface area contributed by atoms with Gasteiger partial charge in [0, 0.05) is 13.1 Å². The number of hydrogen-bond donors (Lipinski definition) is 0. The van der Waals surface area contributed by atoms with E-state index in [4.69, 9.17) is 9.47 Å². The first-order chi connectivity index (χ1) is 12.1. The zero-order valence-corrected chi connectivity index (χ0v) is 15.0. The van der Waals surface area contributed by atoms with Crippen LogP contribution in [0.4, 0.5) is 5.13 Å². The average Bonchev–Trinajstić information content (AvgIpc) is 3.09. The summed E-state index contributed by atoms with van der Waals surface area (Å²) in [7, 11) is 4.89. The van der Waals surface area contributed by atoms with Gasteiger partial charge in [0.15, 0.2) is 16.6 Å². The predicted octanol–water partition coefficient (Wildman–Crippen LogP) is 3.99. The Bertz CT molecular complexity index is 900. The molecule has 0 aliphatic carbocycles. The number of thiazole rings is 1. The Hall–Kier alpha value is -2.86. The first-order valence-corrected chi connectivity index (χ1v) is 8.47. The van der Waals surface area contributed by atoms with Crippen LogP contribution in [0, 0.1) is 0 Å². The van der Waals surface area contributed by atoms with Gasteiger partial charge in [0.2, 0.25) is 0 Å². The summed E-state index contributed by atoms with van der Waals surface area (Å²) in [6.07, 6.45) is 3.27. The molecule has 1 aromatic heterocycles. The van der Waals surface area contributed by atoms with Crippen LogP contribution in [0.25, 0.3) is 16.3 Å². The number of fused-ring (bicyclic) bond motifs is 1. The molecule has 128 valence electrons. The van der Waals surface area contributed by atoms with Crippen molar-refractivity contribution in [3.05, 3.63) is 54.1 Å². The largest absolute Gasteiger partial charge is 0.493 e. The molecule has 0 N–H and O–H groups in total. The highest BCUT2D eigenvalue weighted by molar-refractivity contribution is 7.22. The van der Waals surface area contributed by atoms with Crippen molar-refractivity contribution in [2.24, 2.45) is 0 Å². The van der Waals surface area contributed by atoms with Crippen molar-refractivity contribution in [1.29, 1.82) is 0 Å². The van der Waals surface area contributed by atoms with Crippen LogP contribution < -0.4 is 14.4 Å². The normalized spacial score (nSPS) is 11.0. The third kappa shape index (κ3) is 3.64. The zero-order valence-electron chi connectivity index (χ0n) is 14.2. The Morgan fingerprint density at radius 3 is 2.60 bits per heavy atom. The number of benzene rings is 2. The Balaban J connectivity index is 1.77. The van der Waals surface area contributed by atoms with Crippen LogP contribution in [-0.2, 0) is 4.79 Å². The van der Waals surface area contributed by atoms with E-state index in [0.29, 0.717) is 16.6 Å². The molecule has 3 aromatic rings. The van der Waals surface area contributed by atoms with Crippen molar-refractivity contribution in [1.82, 2.24) is 4.98 Å². The minimum Gasteiger partial charge on any atom is -0.493 e. The van der Waals surface area contributed by atoms with E-state index < -0.39 is 0 Å². The van der Waals surface area contributed by atoms with Crippen LogP contribution in [0.1, 0.15) is 5.56 Å². The Morgan fingerprint density at radius 2 is 1.88 bits per heavy atom. The van der Waals surface area contributed by atoms with E-state index in [1.807, 2.05) is 36.4 Å². The van der Waals surface area contributed by atoms with Gasteiger partial charge in [-0.1, -0.05) is 29.5 Å². The first kappa shape index (κ1) is 17.0. The lowest BCUT2D eigenvalue weighted by Crippen LogP contribution is -2.23. The number of anilines is 1. The Kier molecular flexibility index (Phi) is 5.00. The lowest BCUT2D eigenvalue weighted by Gasteiger charge is -2.10. The highest BCUT2D eigenvalue weighted by Crippen LogP contribution is 2.29. The molecular formula is C19H18N2O3S. The lowest BCUT2D eigenvalue weighted by atomic mass is 10.2. The van der Waals surface area contributed by atoms with E-state index in [2.05, 4.69) is 4.98 Å². The second kappa shape index (κ2) is 7.36. The summed E-state index contributed by atoms with van der Waals surface area (Å²) in [5, 5.41) is 0.670. The summed E-state index contributed by atoms with van der Waals surface area (Å²) >= 11 is 1.49. The van der Waals surface area contributed by atoms with Crippen molar-refractivity contribution in [3.8, 4) is 11.5 Å². The van der Waals surface area contributed by atoms with Gasteiger partial charge in [-0.25, -0.2) is 4.98 Å². The molecule has 0 aliphatic heterocycles. The van der Waals surface area contributed by atoms with Crippen LogP contribution in [0.15, 0.2) is 48.5 Å². The third-order valence-electron chi connectivity index (χ3n) is 3.73. The smallest absolute Gasteiger partial charge is 0.252 e. The number of likely N-dealkylation sites (N-methyl/N-ethyl adjacent to an activating group) is 1. The quantitative estimate of drug-likeness (QED) is 0.650. The van der Waals surface area contributed by atoms with E-state index in [-0.39, 0.29) is 5.91 Å². The number of carbonyl (C=O) groups is 1. The molecule has 0 saturated heterocycles. The van der Waals surface area contributed by atoms with E-state index >= 15 is 0 Å². The monoisotopic (exact) mass is 354 g/mol. The molecule has 0 atom stereocenters. The first-order valence-electron chi connectivity index (χ1n) is 7.65. The fourth-order valence-corrected chi connectivity index (χ4v) is 3.27. The summed E-state index contributed by atoms with van der Waals surface area (Å²) < 4.78 is 11.5. The van der Waals surface area contributed by atoms with Crippen LogP contribution in [-0.4, -0.2) is 32.2 Å². The van der Waals surface area contributed by atoms with Gasteiger partial charge in [-0.15, -0.1) is 0 Å². The summed E-state index contributed by atoms with van der Waals surface area (Å²) in [5.41, 5.74) is 1.75. The maximum atomic E-state index is 12.4. The standard InChI is InChI=1S/C19H18N2O3S/c1-21(19-20-14-6-4-5-7-17(14)25-19)18(22)11-9-13-8-10-15(23-2)16(12-13)24-3/h4-12H,1-3H3. The summed E-state index contributed by atoms with van der Waals surface area (Å²) in [6, 6.07) is 13.3. The van der Waals surface area contributed by atoms with Gasteiger partial charge in [0.25, 0.3) is 5.91 Å². The number of ether oxygens (including phenoxy) is 2. The molecular weight excluding hydrogens is 336 g/mol. The van der Waals surface area contributed by atoms with Gasteiger partial charge < -0.3 is 9.47 Å². The zero-order chi connectivity index (χ0) is 17.8. The molecule has 6 heteroatoms. The van der Waals surface area contributed by atoms with Gasteiger partial charge in [-0.2, -0.15) is 0 Å². The van der Waals surface area contributed by atoms with Crippen molar-refractivity contribution >= 4 is 38.7 Å². The Morgan fingerprint density at radius 1 is 1.12 bits per heavy atom. The number of amides is 1. The number of aromatic nitrogens is 1. The van der Waals surface area contributed by atoms with Gasteiger partial charge in [0.1, 0.15) is 0 Å². The van der Waals surface area contributed by atoms with E-state index in [9.17, 15) is 4.79 Å². The molecule has 0 bridgehead atoms. The van der Waals surface area contributed by atoms with Gasteiger partial charge >= 0.3 is 0 Å². The van der Waals surface area contributed by atoms with Crippen LogP contribution >= 0.6 is 11.3 Å². The molecule has 1 amide bonds. The average molecular weight is 354 g/mol. The van der Waals surface area contributed by atoms with Gasteiger partial charge in [-0.05, 0) is 35.9 Å². The highest BCUT2D eigenvalue weighted by atomic mass is 32.1. The van der Waals surface area contributed by atoms with Crippen molar-refractivity contribution in [3.63, 3.8) is 0 Å². The lowest BCUT2D eigenvalue weighted by molar-refractivity contribution is -0.113. The highest BCUT2D eigenvalue weighted by Gasteiger charge is 2.13. The second-order valence-electron chi connectivity index (χ2n) is 5.31. The topological polar surface area (TPSA) is 51.7 Å². The number of hydrogen-bond acceptors (Lipinski definition) is 5. The SMILES string of the molecule is COc1ccc(C=CC(=O)N(C)c2nc3ccccc3s2)cc1OC. The molecule has 25 heavy (non-hydrogen) atoms. The molecule has 0 fully saturated rings. The number of nitrogens with zero attached hydrogens (tertiary/aromatic N) is 2. The fourth-order valence-electron chi connectivity index (χ4n) is 2.33. The second-order valence-corrected chi connectivity index (χ2v) is 6.32. The summed E-state index contributed by atoms with van der Waals surface area (Å²) in [5.74, 6) is 1.13. The number of rotatable bonds is 5.